The van der Waals surface area contributed by atoms with Crippen LogP contribution in [-0.2, 0) is 16.6 Å². The van der Waals surface area contributed by atoms with Crippen molar-refractivity contribution in [3.05, 3.63) is 42.0 Å². The minimum absolute atomic E-state index is 0.149. The van der Waals surface area contributed by atoms with Crippen molar-refractivity contribution in [2.45, 2.75) is 45.1 Å². The van der Waals surface area contributed by atoms with E-state index >= 15 is 0 Å². The van der Waals surface area contributed by atoms with Crippen LogP contribution in [0.15, 0.2) is 36.4 Å². The third-order valence-electron chi connectivity index (χ3n) is 3.29. The van der Waals surface area contributed by atoms with Gasteiger partial charge in [0.15, 0.2) is 0 Å². The van der Waals surface area contributed by atoms with E-state index in [1.54, 1.807) is 4.90 Å². The number of carbonyl (C=O) groups is 1. The molecule has 1 aromatic carbocycles. The lowest BCUT2D eigenvalue weighted by Gasteiger charge is -2.22. The van der Waals surface area contributed by atoms with Crippen molar-refractivity contribution in [3.63, 3.8) is 0 Å². The first-order chi connectivity index (χ1) is 10.6. The normalized spacial score (nSPS) is 12.6. The molecular formula is C18H28N2O2S. The third kappa shape index (κ3) is 6.57. The first kappa shape index (κ1) is 19.4. The topological polar surface area (TPSA) is 49.4 Å². The minimum Gasteiger partial charge on any atom is -0.321 e. The van der Waals surface area contributed by atoms with E-state index < -0.39 is 10.8 Å². The van der Waals surface area contributed by atoms with Crippen LogP contribution in [0.1, 0.15) is 40.2 Å². The van der Waals surface area contributed by atoms with Gasteiger partial charge in [0.05, 0.1) is 0 Å². The molecule has 5 heteroatoms. The number of rotatable bonds is 6. The molecule has 2 amide bonds. The lowest BCUT2D eigenvalue weighted by molar-refractivity contribution is 0.218. The molecule has 23 heavy (non-hydrogen) atoms. The van der Waals surface area contributed by atoms with Crippen molar-refractivity contribution < 1.29 is 9.00 Å². The molecule has 0 unspecified atom stereocenters. The van der Waals surface area contributed by atoms with Gasteiger partial charge in [-0.15, -0.1) is 0 Å². The van der Waals surface area contributed by atoms with Crippen molar-refractivity contribution in [2.24, 2.45) is 0 Å². The maximum absolute atomic E-state index is 12.3. The summed E-state index contributed by atoms with van der Waals surface area (Å²) < 4.78 is 12.0. The van der Waals surface area contributed by atoms with Gasteiger partial charge < -0.3 is 10.2 Å². The molecule has 0 radical (unpaired) electrons. The number of anilines is 1. The molecule has 0 bridgehead atoms. The molecule has 0 aliphatic heterocycles. The summed E-state index contributed by atoms with van der Waals surface area (Å²) in [5, 5.41) is 2.90. The van der Waals surface area contributed by atoms with Gasteiger partial charge in [0.2, 0.25) is 0 Å². The molecule has 1 rings (SSSR count). The summed E-state index contributed by atoms with van der Waals surface area (Å²) in [4.78, 5) is 14.0. The summed E-state index contributed by atoms with van der Waals surface area (Å²) in [5.41, 5.74) is 2.62. The van der Waals surface area contributed by atoms with Gasteiger partial charge in [-0.3, -0.25) is 4.21 Å². The van der Waals surface area contributed by atoms with Crippen LogP contribution in [0.2, 0.25) is 0 Å². The molecule has 0 aromatic heterocycles. The van der Waals surface area contributed by atoms with E-state index in [1.807, 2.05) is 58.9 Å². The lowest BCUT2D eigenvalue weighted by atomic mass is 10.2. The van der Waals surface area contributed by atoms with Crippen LogP contribution in [0.5, 0.6) is 0 Å². The molecule has 0 spiro atoms. The molecule has 0 fully saturated rings. The van der Waals surface area contributed by atoms with E-state index in [2.05, 4.69) is 11.9 Å². The van der Waals surface area contributed by atoms with Gasteiger partial charge in [0, 0.05) is 40.1 Å². The van der Waals surface area contributed by atoms with Gasteiger partial charge in [-0.25, -0.2) is 4.79 Å². The van der Waals surface area contributed by atoms with Gasteiger partial charge >= 0.3 is 6.03 Å². The number of urea groups is 1. The Bertz CT molecular complexity index is 591. The second-order valence-electron chi connectivity index (χ2n) is 6.70. The molecule has 0 heterocycles. The number of hydrogen-bond donors (Lipinski definition) is 1. The number of amides is 2. The van der Waals surface area contributed by atoms with Crippen molar-refractivity contribution in [1.29, 1.82) is 0 Å². The fraction of sp³-hybridized carbons (Fsp3) is 0.500. The maximum Gasteiger partial charge on any atom is 0.322 e. The van der Waals surface area contributed by atoms with Crippen LogP contribution in [-0.4, -0.2) is 33.0 Å². The Hall–Kier alpha value is -1.62. The second-order valence-corrected chi connectivity index (χ2v) is 8.91. The summed E-state index contributed by atoms with van der Waals surface area (Å²) >= 11 is 0. The fourth-order valence-electron chi connectivity index (χ4n) is 1.96. The molecule has 1 aromatic rings. The maximum atomic E-state index is 12.3. The molecule has 0 saturated heterocycles. The number of benzene rings is 1. The number of likely N-dealkylation sites (N-methyl/N-ethyl adjacent to an activating group) is 1. The van der Waals surface area contributed by atoms with E-state index in [4.69, 9.17) is 0 Å². The summed E-state index contributed by atoms with van der Waals surface area (Å²) in [6, 6.07) is 7.39. The van der Waals surface area contributed by atoms with Gasteiger partial charge in [-0.2, -0.15) is 0 Å². The lowest BCUT2D eigenvalue weighted by Crippen LogP contribution is -2.35. The SMILES string of the molecule is C=C(C)CN(CC)C(=O)Nc1cccc(C[S@@](=O)C(C)(C)C)c1. The van der Waals surface area contributed by atoms with Crippen LogP contribution in [0.25, 0.3) is 0 Å². The quantitative estimate of drug-likeness (QED) is 0.793. The van der Waals surface area contributed by atoms with E-state index in [0.717, 1.165) is 16.8 Å². The van der Waals surface area contributed by atoms with Gasteiger partial charge in [-0.05, 0) is 52.3 Å². The van der Waals surface area contributed by atoms with Crippen molar-refractivity contribution >= 4 is 22.5 Å². The average molecular weight is 337 g/mol. The highest BCUT2D eigenvalue weighted by molar-refractivity contribution is 7.85. The van der Waals surface area contributed by atoms with Crippen LogP contribution < -0.4 is 5.32 Å². The first-order valence-corrected chi connectivity index (χ1v) is 9.13. The zero-order valence-electron chi connectivity index (χ0n) is 14.8. The zero-order valence-corrected chi connectivity index (χ0v) is 15.6. The summed E-state index contributed by atoms with van der Waals surface area (Å²) in [7, 11) is -0.962. The summed E-state index contributed by atoms with van der Waals surface area (Å²) in [6.07, 6.45) is 0. The highest BCUT2D eigenvalue weighted by Gasteiger charge is 2.19. The molecule has 4 nitrogen and oxygen atoms in total. The number of nitrogens with one attached hydrogen (secondary N) is 1. The number of nitrogens with zero attached hydrogens (tertiary/aromatic N) is 1. The fourth-order valence-corrected chi connectivity index (χ4v) is 2.88. The van der Waals surface area contributed by atoms with Crippen molar-refractivity contribution in [1.82, 2.24) is 4.90 Å². The van der Waals surface area contributed by atoms with Crippen LogP contribution in [0.4, 0.5) is 10.5 Å². The molecule has 1 N–H and O–H groups in total. The molecular weight excluding hydrogens is 308 g/mol. The van der Waals surface area contributed by atoms with Gasteiger partial charge in [-0.1, -0.05) is 24.3 Å². The standard InChI is InChI=1S/C18H28N2O2S/c1-7-20(12-14(2)3)17(21)19-16-10-8-9-15(11-16)13-23(22)18(4,5)6/h8-11H,2,7,12-13H2,1,3-6H3,(H,19,21)/t23-/m1/s1. The predicted molar refractivity (Wildman–Crippen MR) is 99.1 cm³/mol. The van der Waals surface area contributed by atoms with E-state index in [9.17, 15) is 9.00 Å². The number of hydrogen-bond acceptors (Lipinski definition) is 2. The Balaban J connectivity index is 2.79. The summed E-state index contributed by atoms with van der Waals surface area (Å²) in [6.45, 7) is 14.7. The highest BCUT2D eigenvalue weighted by Crippen LogP contribution is 2.19. The Morgan fingerprint density at radius 2 is 2.00 bits per heavy atom. The van der Waals surface area contributed by atoms with E-state index in [1.165, 1.54) is 0 Å². The molecule has 0 aliphatic rings. The molecule has 1 atom stereocenters. The van der Waals surface area contributed by atoms with E-state index in [-0.39, 0.29) is 10.8 Å². The average Bonchev–Trinajstić information content (AvgIpc) is 2.43. The van der Waals surface area contributed by atoms with Gasteiger partial charge in [0.25, 0.3) is 0 Å². The Kier molecular flexibility index (Phi) is 7.01. The monoisotopic (exact) mass is 336 g/mol. The largest absolute Gasteiger partial charge is 0.322 e. The second kappa shape index (κ2) is 8.29. The van der Waals surface area contributed by atoms with Crippen LogP contribution in [0.3, 0.4) is 0 Å². The summed E-state index contributed by atoms with van der Waals surface area (Å²) in [5.74, 6) is 0.483. The van der Waals surface area contributed by atoms with Crippen molar-refractivity contribution in [3.8, 4) is 0 Å². The Morgan fingerprint density at radius 1 is 1.35 bits per heavy atom. The Morgan fingerprint density at radius 3 is 2.52 bits per heavy atom. The minimum atomic E-state index is -0.962. The zero-order chi connectivity index (χ0) is 17.6. The predicted octanol–water partition coefficient (Wildman–Crippen LogP) is 4.16. The highest BCUT2D eigenvalue weighted by atomic mass is 32.2. The smallest absolute Gasteiger partial charge is 0.321 e. The van der Waals surface area contributed by atoms with Gasteiger partial charge in [0.1, 0.15) is 0 Å². The third-order valence-corrected chi connectivity index (χ3v) is 5.25. The molecule has 0 aliphatic carbocycles. The van der Waals surface area contributed by atoms with Crippen molar-refractivity contribution in [2.75, 3.05) is 18.4 Å². The van der Waals surface area contributed by atoms with Crippen LogP contribution >= 0.6 is 0 Å². The molecule has 0 saturated carbocycles. The van der Waals surface area contributed by atoms with E-state index in [0.29, 0.717) is 18.8 Å². The molecule has 128 valence electrons. The Labute approximate surface area is 142 Å². The van der Waals surface area contributed by atoms with Crippen LogP contribution in [0, 0.1) is 0 Å². The number of carbonyl (C=O) groups excluding carboxylic acids is 1. The first-order valence-electron chi connectivity index (χ1n) is 7.81.